The standard InChI is InChI=1S/C22H18N2O5/c25-20(14-29-17-9-2-1-3-10-17)24-19-12-5-4-11-18(19)21(26)23-16-8-6-7-15(13-16)22(27)28/h1-13H,14H2,(H,23,26)(H,24,25)(H,27,28). The Morgan fingerprint density at radius 3 is 2.31 bits per heavy atom. The largest absolute Gasteiger partial charge is 0.484 e. The summed E-state index contributed by atoms with van der Waals surface area (Å²) < 4.78 is 5.40. The Bertz CT molecular complexity index is 1030. The number of carboxylic acid groups (broad SMARTS) is 1. The van der Waals surface area contributed by atoms with E-state index in [1.54, 1.807) is 54.6 Å². The summed E-state index contributed by atoms with van der Waals surface area (Å²) in [5.41, 5.74) is 0.952. The summed E-state index contributed by atoms with van der Waals surface area (Å²) in [6.45, 7) is -0.208. The first-order valence-electron chi connectivity index (χ1n) is 8.74. The first-order chi connectivity index (χ1) is 14.0. The molecule has 2 amide bonds. The van der Waals surface area contributed by atoms with Crippen molar-refractivity contribution in [3.8, 4) is 5.75 Å². The Hall–Kier alpha value is -4.13. The third-order valence-corrected chi connectivity index (χ3v) is 3.93. The summed E-state index contributed by atoms with van der Waals surface area (Å²) in [4.78, 5) is 35.9. The quantitative estimate of drug-likeness (QED) is 0.571. The molecule has 0 saturated carbocycles. The van der Waals surface area contributed by atoms with Gasteiger partial charge in [-0.15, -0.1) is 0 Å². The average Bonchev–Trinajstić information content (AvgIpc) is 2.73. The molecule has 0 aliphatic heterocycles. The van der Waals surface area contributed by atoms with E-state index in [0.717, 1.165) is 0 Å². The fourth-order valence-electron chi connectivity index (χ4n) is 2.57. The van der Waals surface area contributed by atoms with Gasteiger partial charge in [0.1, 0.15) is 5.75 Å². The molecule has 0 aliphatic carbocycles. The molecule has 3 aromatic rings. The third kappa shape index (κ3) is 5.43. The SMILES string of the molecule is O=C(COc1ccccc1)Nc1ccccc1C(=O)Nc1cccc(C(=O)O)c1. The molecule has 0 radical (unpaired) electrons. The zero-order valence-electron chi connectivity index (χ0n) is 15.3. The summed E-state index contributed by atoms with van der Waals surface area (Å²) in [5, 5.41) is 14.4. The van der Waals surface area contributed by atoms with Crippen LogP contribution < -0.4 is 15.4 Å². The average molecular weight is 390 g/mol. The minimum absolute atomic E-state index is 0.0578. The molecular weight excluding hydrogens is 372 g/mol. The summed E-state index contributed by atoms with van der Waals surface area (Å²) in [5.74, 6) is -1.42. The number of benzene rings is 3. The summed E-state index contributed by atoms with van der Waals surface area (Å²) in [7, 11) is 0. The van der Waals surface area contributed by atoms with Crippen LogP contribution in [0.1, 0.15) is 20.7 Å². The van der Waals surface area contributed by atoms with Gasteiger partial charge in [0, 0.05) is 5.69 Å². The number of carbonyl (C=O) groups is 3. The normalized spacial score (nSPS) is 10.1. The minimum atomic E-state index is -1.09. The lowest BCUT2D eigenvalue weighted by Gasteiger charge is -2.12. The van der Waals surface area contributed by atoms with Gasteiger partial charge in [0.25, 0.3) is 11.8 Å². The minimum Gasteiger partial charge on any atom is -0.484 e. The number of hydrogen-bond donors (Lipinski definition) is 3. The Labute approximate surface area is 166 Å². The van der Waals surface area contributed by atoms with Crippen molar-refractivity contribution >= 4 is 29.2 Å². The smallest absolute Gasteiger partial charge is 0.335 e. The summed E-state index contributed by atoms with van der Waals surface area (Å²) >= 11 is 0. The van der Waals surface area contributed by atoms with Gasteiger partial charge in [-0.2, -0.15) is 0 Å². The Morgan fingerprint density at radius 2 is 1.55 bits per heavy atom. The molecule has 0 aliphatic rings. The molecule has 0 fully saturated rings. The van der Waals surface area contributed by atoms with Crippen LogP contribution in [-0.2, 0) is 4.79 Å². The molecular formula is C22H18N2O5. The maximum atomic E-state index is 12.6. The van der Waals surface area contributed by atoms with Gasteiger partial charge in [-0.25, -0.2) is 4.79 Å². The molecule has 0 aromatic heterocycles. The first kappa shape index (κ1) is 19.6. The van der Waals surface area contributed by atoms with Gasteiger partial charge in [0.05, 0.1) is 16.8 Å². The van der Waals surface area contributed by atoms with Crippen LogP contribution in [-0.4, -0.2) is 29.5 Å². The lowest BCUT2D eigenvalue weighted by atomic mass is 10.1. The van der Waals surface area contributed by atoms with E-state index in [1.807, 2.05) is 6.07 Å². The topological polar surface area (TPSA) is 105 Å². The number of amides is 2. The summed E-state index contributed by atoms with van der Waals surface area (Å²) in [6, 6.07) is 21.3. The predicted molar refractivity (Wildman–Crippen MR) is 108 cm³/mol. The van der Waals surface area contributed by atoms with Crippen molar-refractivity contribution in [2.75, 3.05) is 17.2 Å². The van der Waals surface area contributed by atoms with E-state index < -0.39 is 17.8 Å². The van der Waals surface area contributed by atoms with Crippen LogP contribution in [0.3, 0.4) is 0 Å². The zero-order chi connectivity index (χ0) is 20.6. The van der Waals surface area contributed by atoms with Crippen LogP contribution >= 0.6 is 0 Å². The van der Waals surface area contributed by atoms with Crippen molar-refractivity contribution < 1.29 is 24.2 Å². The van der Waals surface area contributed by atoms with Crippen molar-refractivity contribution in [2.45, 2.75) is 0 Å². The number of rotatable bonds is 7. The van der Waals surface area contributed by atoms with Crippen LogP contribution in [0.5, 0.6) is 5.75 Å². The van der Waals surface area contributed by atoms with Crippen molar-refractivity contribution in [3.05, 3.63) is 90.0 Å². The monoisotopic (exact) mass is 390 g/mol. The molecule has 0 saturated heterocycles. The zero-order valence-corrected chi connectivity index (χ0v) is 15.3. The molecule has 0 spiro atoms. The molecule has 3 aromatic carbocycles. The number of aromatic carboxylic acids is 1. The van der Waals surface area contributed by atoms with Gasteiger partial charge in [-0.05, 0) is 42.5 Å². The number of hydrogen-bond acceptors (Lipinski definition) is 4. The molecule has 0 heterocycles. The van der Waals surface area contributed by atoms with Gasteiger partial charge in [-0.3, -0.25) is 9.59 Å². The fourth-order valence-corrected chi connectivity index (χ4v) is 2.57. The molecule has 7 heteroatoms. The van der Waals surface area contributed by atoms with E-state index >= 15 is 0 Å². The van der Waals surface area contributed by atoms with Gasteiger partial charge in [-0.1, -0.05) is 36.4 Å². The first-order valence-corrected chi connectivity index (χ1v) is 8.74. The van der Waals surface area contributed by atoms with Gasteiger partial charge < -0.3 is 20.5 Å². The highest BCUT2D eigenvalue weighted by molar-refractivity contribution is 6.10. The number of carbonyl (C=O) groups excluding carboxylic acids is 2. The van der Waals surface area contributed by atoms with E-state index in [9.17, 15) is 14.4 Å². The molecule has 0 unspecified atom stereocenters. The fraction of sp³-hybridized carbons (Fsp3) is 0.0455. The van der Waals surface area contributed by atoms with Crippen LogP contribution in [0, 0.1) is 0 Å². The maximum Gasteiger partial charge on any atom is 0.335 e. The van der Waals surface area contributed by atoms with Crippen molar-refractivity contribution in [1.29, 1.82) is 0 Å². The second-order valence-corrected chi connectivity index (χ2v) is 6.04. The maximum absolute atomic E-state index is 12.6. The Morgan fingerprint density at radius 1 is 0.828 bits per heavy atom. The number of nitrogens with one attached hydrogen (secondary N) is 2. The molecule has 3 N–H and O–H groups in total. The summed E-state index contributed by atoms with van der Waals surface area (Å²) in [6.07, 6.45) is 0. The van der Waals surface area contributed by atoms with E-state index in [4.69, 9.17) is 9.84 Å². The number of ether oxygens (including phenoxy) is 1. The van der Waals surface area contributed by atoms with Crippen molar-refractivity contribution in [1.82, 2.24) is 0 Å². The van der Waals surface area contributed by atoms with Crippen LogP contribution in [0.4, 0.5) is 11.4 Å². The van der Waals surface area contributed by atoms with E-state index in [0.29, 0.717) is 17.1 Å². The molecule has 146 valence electrons. The van der Waals surface area contributed by atoms with Crippen molar-refractivity contribution in [3.63, 3.8) is 0 Å². The predicted octanol–water partition coefficient (Wildman–Crippen LogP) is 3.65. The van der Waals surface area contributed by atoms with Gasteiger partial charge in [0.15, 0.2) is 6.61 Å². The highest BCUT2D eigenvalue weighted by atomic mass is 16.5. The Balaban J connectivity index is 1.68. The lowest BCUT2D eigenvalue weighted by Crippen LogP contribution is -2.22. The molecule has 29 heavy (non-hydrogen) atoms. The van der Waals surface area contributed by atoms with E-state index in [2.05, 4.69) is 10.6 Å². The molecule has 0 atom stereocenters. The van der Waals surface area contributed by atoms with Crippen LogP contribution in [0.2, 0.25) is 0 Å². The number of para-hydroxylation sites is 2. The van der Waals surface area contributed by atoms with Crippen LogP contribution in [0.25, 0.3) is 0 Å². The molecule has 3 rings (SSSR count). The van der Waals surface area contributed by atoms with E-state index in [1.165, 1.54) is 18.2 Å². The van der Waals surface area contributed by atoms with E-state index in [-0.39, 0.29) is 17.7 Å². The number of carboxylic acids is 1. The second-order valence-electron chi connectivity index (χ2n) is 6.04. The highest BCUT2D eigenvalue weighted by Gasteiger charge is 2.14. The second kappa shape index (κ2) is 9.18. The Kier molecular flexibility index (Phi) is 6.22. The molecule has 7 nitrogen and oxygen atoms in total. The number of anilines is 2. The highest BCUT2D eigenvalue weighted by Crippen LogP contribution is 2.18. The lowest BCUT2D eigenvalue weighted by molar-refractivity contribution is -0.118. The van der Waals surface area contributed by atoms with Gasteiger partial charge >= 0.3 is 5.97 Å². The third-order valence-electron chi connectivity index (χ3n) is 3.93. The van der Waals surface area contributed by atoms with Crippen molar-refractivity contribution in [2.24, 2.45) is 0 Å². The van der Waals surface area contributed by atoms with Gasteiger partial charge in [0.2, 0.25) is 0 Å². The molecule has 0 bridgehead atoms. The van der Waals surface area contributed by atoms with Crippen LogP contribution in [0.15, 0.2) is 78.9 Å².